The molecule has 0 radical (unpaired) electrons. The highest BCUT2D eigenvalue weighted by atomic mass is 16.5. The molecule has 2 aromatic rings. The van der Waals surface area contributed by atoms with E-state index < -0.39 is 17.7 Å². The van der Waals surface area contributed by atoms with Crippen LogP contribution in [0.25, 0.3) is 5.76 Å². The van der Waals surface area contributed by atoms with Crippen LogP contribution in [0.4, 0.5) is 0 Å². The number of likely N-dealkylation sites (tertiary alicyclic amines) is 1. The van der Waals surface area contributed by atoms with Gasteiger partial charge < -0.3 is 24.2 Å². The number of hydrogen-bond donors (Lipinski definition) is 1. The van der Waals surface area contributed by atoms with Crippen LogP contribution in [-0.2, 0) is 14.3 Å². The Kier molecular flexibility index (Phi) is 10.0. The zero-order valence-corrected chi connectivity index (χ0v) is 23.3. The molecule has 2 saturated heterocycles. The van der Waals surface area contributed by atoms with Crippen molar-refractivity contribution >= 4 is 17.4 Å². The molecule has 8 nitrogen and oxygen atoms in total. The van der Waals surface area contributed by atoms with Crippen LogP contribution < -0.4 is 9.47 Å². The maximum absolute atomic E-state index is 13.4. The van der Waals surface area contributed by atoms with E-state index >= 15 is 0 Å². The van der Waals surface area contributed by atoms with Crippen molar-refractivity contribution in [3.05, 3.63) is 64.7 Å². The molecule has 1 N–H and O–H groups in total. The predicted octanol–water partition coefficient (Wildman–Crippen LogP) is 4.72. The first-order valence-electron chi connectivity index (χ1n) is 14.0. The fraction of sp³-hybridized carbons (Fsp3) is 0.484. The van der Waals surface area contributed by atoms with Crippen LogP contribution >= 0.6 is 0 Å². The van der Waals surface area contributed by atoms with Gasteiger partial charge in [-0.3, -0.25) is 14.5 Å². The van der Waals surface area contributed by atoms with Gasteiger partial charge in [0.15, 0.2) is 0 Å². The summed E-state index contributed by atoms with van der Waals surface area (Å²) >= 11 is 0. The molecule has 0 aromatic heterocycles. The van der Waals surface area contributed by atoms with Crippen molar-refractivity contribution < 1.29 is 28.9 Å². The summed E-state index contributed by atoms with van der Waals surface area (Å²) in [7, 11) is 0. The Labute approximate surface area is 231 Å². The zero-order valence-electron chi connectivity index (χ0n) is 23.3. The number of benzene rings is 2. The molecule has 39 heavy (non-hydrogen) atoms. The van der Waals surface area contributed by atoms with Crippen LogP contribution in [0.5, 0.6) is 11.5 Å². The first-order chi connectivity index (χ1) is 18.9. The van der Waals surface area contributed by atoms with E-state index in [1.54, 1.807) is 23.1 Å². The summed E-state index contributed by atoms with van der Waals surface area (Å²) in [6, 6.07) is 12.1. The number of amides is 1. The fourth-order valence-corrected chi connectivity index (χ4v) is 4.94. The third-order valence-electron chi connectivity index (χ3n) is 7.17. The molecule has 210 valence electrons. The number of hydrogen-bond acceptors (Lipinski definition) is 7. The lowest BCUT2D eigenvalue weighted by molar-refractivity contribution is -0.140. The first-order valence-corrected chi connectivity index (χ1v) is 14.0. The van der Waals surface area contributed by atoms with E-state index in [2.05, 4.69) is 11.8 Å². The molecular formula is C31H40N2O6. The molecule has 1 unspecified atom stereocenters. The highest BCUT2D eigenvalue weighted by Crippen LogP contribution is 2.40. The van der Waals surface area contributed by atoms with Crippen molar-refractivity contribution in [1.29, 1.82) is 0 Å². The average Bonchev–Trinajstić information content (AvgIpc) is 3.21. The minimum Gasteiger partial charge on any atom is -0.507 e. The summed E-state index contributed by atoms with van der Waals surface area (Å²) in [6.45, 7) is 11.1. The van der Waals surface area contributed by atoms with Crippen molar-refractivity contribution in [2.45, 2.75) is 46.1 Å². The van der Waals surface area contributed by atoms with Gasteiger partial charge in [-0.05, 0) is 61.2 Å². The van der Waals surface area contributed by atoms with Gasteiger partial charge in [-0.15, -0.1) is 0 Å². The smallest absolute Gasteiger partial charge is 0.295 e. The maximum atomic E-state index is 13.4. The largest absolute Gasteiger partial charge is 0.507 e. The predicted molar refractivity (Wildman–Crippen MR) is 150 cm³/mol. The molecule has 0 saturated carbocycles. The average molecular weight is 537 g/mol. The van der Waals surface area contributed by atoms with Gasteiger partial charge in [0.1, 0.15) is 17.3 Å². The van der Waals surface area contributed by atoms with Gasteiger partial charge in [0.05, 0.1) is 38.0 Å². The Morgan fingerprint density at radius 1 is 0.974 bits per heavy atom. The standard InChI is InChI=1S/C31H40N2O6/c1-4-6-18-38-25-10-7-23(8-11-25)28-27(29(34)24-9-12-26(22(3)21-24)39-17-5-2)30(35)31(36)33(28)14-13-32-15-19-37-20-16-32/h7-12,21,28,34H,4-6,13-20H2,1-3H3. The summed E-state index contributed by atoms with van der Waals surface area (Å²) in [5.74, 6) is 0.00962. The Hall–Kier alpha value is -3.36. The highest BCUT2D eigenvalue weighted by molar-refractivity contribution is 6.46. The monoisotopic (exact) mass is 536 g/mol. The third kappa shape index (κ3) is 6.81. The number of Topliss-reactive ketones (excluding diaryl/α,β-unsaturated/α-hetero) is 1. The van der Waals surface area contributed by atoms with Crippen molar-refractivity contribution in [2.75, 3.05) is 52.6 Å². The van der Waals surface area contributed by atoms with E-state index in [1.807, 2.05) is 38.1 Å². The van der Waals surface area contributed by atoms with Crippen molar-refractivity contribution in [3.8, 4) is 11.5 Å². The van der Waals surface area contributed by atoms with Gasteiger partial charge in [0, 0.05) is 31.7 Å². The van der Waals surface area contributed by atoms with Crippen LogP contribution in [0.1, 0.15) is 55.8 Å². The van der Waals surface area contributed by atoms with Crippen LogP contribution in [0.15, 0.2) is 48.0 Å². The third-order valence-corrected chi connectivity index (χ3v) is 7.17. The summed E-state index contributed by atoms with van der Waals surface area (Å²) in [6.07, 6.45) is 2.89. The van der Waals surface area contributed by atoms with Crippen molar-refractivity contribution in [1.82, 2.24) is 9.80 Å². The van der Waals surface area contributed by atoms with Gasteiger partial charge in [-0.25, -0.2) is 0 Å². The van der Waals surface area contributed by atoms with Crippen molar-refractivity contribution in [2.24, 2.45) is 0 Å². The number of rotatable bonds is 12. The number of aliphatic hydroxyl groups excluding tert-OH is 1. The molecule has 2 aliphatic heterocycles. The highest BCUT2D eigenvalue weighted by Gasteiger charge is 2.46. The van der Waals surface area contributed by atoms with E-state index in [0.717, 1.165) is 55.0 Å². The first kappa shape index (κ1) is 28.6. The van der Waals surface area contributed by atoms with E-state index in [4.69, 9.17) is 14.2 Å². The van der Waals surface area contributed by atoms with E-state index in [-0.39, 0.29) is 11.3 Å². The number of aliphatic hydroxyl groups is 1. The number of unbranched alkanes of at least 4 members (excludes halogenated alkanes) is 1. The van der Waals surface area contributed by atoms with Gasteiger partial charge in [-0.2, -0.15) is 0 Å². The number of nitrogens with zero attached hydrogens (tertiary/aromatic N) is 2. The molecule has 4 rings (SSSR count). The van der Waals surface area contributed by atoms with Gasteiger partial charge in [0.25, 0.3) is 11.7 Å². The van der Waals surface area contributed by atoms with Gasteiger partial charge in [0.2, 0.25) is 0 Å². The second-order valence-corrected chi connectivity index (χ2v) is 10.0. The topological polar surface area (TPSA) is 88.5 Å². The second kappa shape index (κ2) is 13.6. The van der Waals surface area contributed by atoms with Gasteiger partial charge in [-0.1, -0.05) is 32.4 Å². The van der Waals surface area contributed by atoms with E-state index in [0.29, 0.717) is 45.1 Å². The fourth-order valence-electron chi connectivity index (χ4n) is 4.94. The maximum Gasteiger partial charge on any atom is 0.295 e. The second-order valence-electron chi connectivity index (χ2n) is 10.0. The Morgan fingerprint density at radius 3 is 2.38 bits per heavy atom. The molecule has 2 fully saturated rings. The summed E-state index contributed by atoms with van der Waals surface area (Å²) in [4.78, 5) is 30.5. The number of carbonyl (C=O) groups excluding carboxylic acids is 2. The molecular weight excluding hydrogens is 496 g/mol. The van der Waals surface area contributed by atoms with Crippen molar-refractivity contribution in [3.63, 3.8) is 0 Å². The number of aryl methyl sites for hydroxylation is 1. The lowest BCUT2D eigenvalue weighted by Gasteiger charge is -2.31. The van der Waals surface area contributed by atoms with E-state index in [9.17, 15) is 14.7 Å². The minimum atomic E-state index is -0.702. The molecule has 0 bridgehead atoms. The van der Waals surface area contributed by atoms with E-state index in [1.165, 1.54) is 0 Å². The summed E-state index contributed by atoms with van der Waals surface area (Å²) < 4.78 is 17.0. The Balaban J connectivity index is 1.68. The summed E-state index contributed by atoms with van der Waals surface area (Å²) in [5.41, 5.74) is 2.18. The van der Waals surface area contributed by atoms with Gasteiger partial charge >= 0.3 is 0 Å². The number of ether oxygens (including phenoxy) is 3. The molecule has 8 heteroatoms. The van der Waals surface area contributed by atoms with Crippen LogP contribution in [0, 0.1) is 6.92 Å². The molecule has 2 aromatic carbocycles. The SMILES string of the molecule is CCCCOc1ccc(C2C(=C(O)c3ccc(OCCC)c(C)c3)C(=O)C(=O)N2CCN2CCOCC2)cc1. The zero-order chi connectivity index (χ0) is 27.8. The summed E-state index contributed by atoms with van der Waals surface area (Å²) in [5, 5.41) is 11.5. The Morgan fingerprint density at radius 2 is 1.72 bits per heavy atom. The lowest BCUT2D eigenvalue weighted by atomic mass is 9.94. The number of carbonyl (C=O) groups is 2. The number of morpholine rings is 1. The normalized spacial score (nSPS) is 19.5. The molecule has 1 amide bonds. The molecule has 0 aliphatic carbocycles. The number of ketones is 1. The quantitative estimate of drug-likeness (QED) is 0.182. The Bertz CT molecular complexity index is 1170. The van der Waals surface area contributed by atoms with Crippen LogP contribution in [-0.4, -0.2) is 79.2 Å². The molecule has 2 heterocycles. The molecule has 0 spiro atoms. The van der Waals surface area contributed by atoms with Crippen LogP contribution in [0.2, 0.25) is 0 Å². The molecule has 1 atom stereocenters. The lowest BCUT2D eigenvalue weighted by Crippen LogP contribution is -2.42. The molecule has 2 aliphatic rings. The minimum absolute atomic E-state index is 0.100. The van der Waals surface area contributed by atoms with Crippen LogP contribution in [0.3, 0.4) is 0 Å².